The molecule has 2 heterocycles. The van der Waals surface area contributed by atoms with Gasteiger partial charge in [0.05, 0.1) is 10.6 Å². The number of hydrogen-bond acceptors (Lipinski definition) is 4. The Balaban J connectivity index is 1.57. The van der Waals surface area contributed by atoms with Crippen LogP contribution in [0.4, 0.5) is 11.4 Å². The summed E-state index contributed by atoms with van der Waals surface area (Å²) in [5, 5.41) is 3.52. The smallest absolute Gasteiger partial charge is 0.264 e. The maximum atomic E-state index is 12.5. The third-order valence-electron chi connectivity index (χ3n) is 6.18. The maximum absolute atomic E-state index is 12.5. The van der Waals surface area contributed by atoms with Gasteiger partial charge in [-0.3, -0.25) is 4.79 Å². The van der Waals surface area contributed by atoms with E-state index in [2.05, 4.69) is 80.3 Å². The number of nitrogens with zero attached hydrogens (tertiary/aromatic N) is 2. The van der Waals surface area contributed by atoms with Crippen LogP contribution >= 0.6 is 11.8 Å². The van der Waals surface area contributed by atoms with Crippen LogP contribution < -0.4 is 10.2 Å². The lowest BCUT2D eigenvalue weighted by molar-refractivity contribution is -0.115. The van der Waals surface area contributed by atoms with Crippen LogP contribution in [0.5, 0.6) is 0 Å². The van der Waals surface area contributed by atoms with Crippen LogP contribution in [-0.2, 0) is 11.2 Å². The number of anilines is 1. The minimum atomic E-state index is -0.0899. The molecule has 0 bridgehead atoms. The normalized spacial score (nSPS) is 23.0. The van der Waals surface area contributed by atoms with Crippen LogP contribution in [0, 0.1) is 0 Å². The highest BCUT2D eigenvalue weighted by molar-refractivity contribution is 8.18. The molecule has 1 N–H and O–H groups in total. The zero-order valence-electron chi connectivity index (χ0n) is 18.3. The molecule has 5 heteroatoms. The first-order valence-corrected chi connectivity index (χ1v) is 11.3. The maximum Gasteiger partial charge on any atom is 0.264 e. The van der Waals surface area contributed by atoms with Crippen molar-refractivity contribution in [3.63, 3.8) is 0 Å². The number of carbonyl (C=O) groups is 1. The molecule has 2 aliphatic rings. The third-order valence-corrected chi connectivity index (χ3v) is 7.09. The molecule has 1 fully saturated rings. The van der Waals surface area contributed by atoms with Crippen molar-refractivity contribution >= 4 is 40.3 Å². The first-order chi connectivity index (χ1) is 14.3. The number of carbonyl (C=O) groups excluding carboxylic acids is 1. The molecule has 1 amide bonds. The number of amidine groups is 1. The van der Waals surface area contributed by atoms with Gasteiger partial charge >= 0.3 is 0 Å². The molecule has 0 saturated carbocycles. The average molecular weight is 420 g/mol. The molecule has 0 aliphatic carbocycles. The zero-order valence-corrected chi connectivity index (χ0v) is 19.1. The number of benzene rings is 2. The van der Waals surface area contributed by atoms with Crippen LogP contribution in [-0.4, -0.2) is 23.7 Å². The summed E-state index contributed by atoms with van der Waals surface area (Å²) in [6.07, 6.45) is 4.08. The van der Waals surface area contributed by atoms with Gasteiger partial charge in [-0.2, -0.15) is 0 Å². The van der Waals surface area contributed by atoms with Gasteiger partial charge in [0.1, 0.15) is 0 Å². The molecule has 2 aromatic rings. The van der Waals surface area contributed by atoms with Crippen LogP contribution in [0.3, 0.4) is 0 Å². The Kier molecular flexibility index (Phi) is 5.49. The summed E-state index contributed by atoms with van der Waals surface area (Å²) in [7, 11) is 2.17. The highest BCUT2D eigenvalue weighted by Gasteiger charge is 2.34. The Morgan fingerprint density at radius 2 is 1.97 bits per heavy atom. The van der Waals surface area contributed by atoms with E-state index in [1.165, 1.54) is 28.6 Å². The van der Waals surface area contributed by atoms with Crippen LogP contribution in [0.1, 0.15) is 56.7 Å². The number of rotatable bonds is 3. The molecule has 2 aromatic carbocycles. The van der Waals surface area contributed by atoms with Gasteiger partial charge in [0.15, 0.2) is 5.17 Å². The van der Waals surface area contributed by atoms with Gasteiger partial charge in [-0.05, 0) is 91.4 Å². The standard InChI is InChI=1S/C25H29N3OS/c1-6-17-7-10-19(11-8-17)26-24-27-23(29)22(30-24)14-18-9-12-21-20(13-18)16(2)15-25(3,4)28(21)5/h7-14,16H,6,15H2,1-5H3,(H,26,27,29)/b22-14-. The van der Waals surface area contributed by atoms with E-state index in [4.69, 9.17) is 0 Å². The average Bonchev–Trinajstić information content (AvgIpc) is 3.05. The molecule has 1 unspecified atom stereocenters. The van der Waals surface area contributed by atoms with E-state index in [1.54, 1.807) is 0 Å². The zero-order chi connectivity index (χ0) is 21.5. The van der Waals surface area contributed by atoms with E-state index < -0.39 is 0 Å². The highest BCUT2D eigenvalue weighted by atomic mass is 32.2. The number of thioether (sulfide) groups is 1. The van der Waals surface area contributed by atoms with Crippen molar-refractivity contribution in [2.24, 2.45) is 4.99 Å². The van der Waals surface area contributed by atoms with Crippen LogP contribution in [0.2, 0.25) is 0 Å². The Bertz CT molecular complexity index is 1040. The molecule has 2 aliphatic heterocycles. The fraction of sp³-hybridized carbons (Fsp3) is 0.360. The lowest BCUT2D eigenvalue weighted by Gasteiger charge is -2.45. The van der Waals surface area contributed by atoms with Crippen molar-refractivity contribution in [3.05, 3.63) is 64.1 Å². The molecule has 1 saturated heterocycles. The molecule has 30 heavy (non-hydrogen) atoms. The van der Waals surface area contributed by atoms with E-state index in [9.17, 15) is 4.79 Å². The van der Waals surface area contributed by atoms with E-state index in [1.807, 2.05) is 18.2 Å². The van der Waals surface area contributed by atoms with E-state index >= 15 is 0 Å². The van der Waals surface area contributed by atoms with Crippen molar-refractivity contribution in [1.29, 1.82) is 0 Å². The van der Waals surface area contributed by atoms with Crippen molar-refractivity contribution in [1.82, 2.24) is 5.32 Å². The summed E-state index contributed by atoms with van der Waals surface area (Å²) >= 11 is 1.40. The lowest BCUT2D eigenvalue weighted by atomic mass is 9.80. The molecular formula is C25H29N3OS. The summed E-state index contributed by atoms with van der Waals surface area (Å²) in [6, 6.07) is 14.6. The van der Waals surface area contributed by atoms with Crippen LogP contribution in [0.25, 0.3) is 6.08 Å². The third kappa shape index (κ3) is 4.04. The number of amides is 1. The molecular weight excluding hydrogens is 390 g/mol. The molecule has 0 aromatic heterocycles. The SMILES string of the molecule is CCc1ccc(N=C2NC(=O)/C(=C/c3ccc4c(c3)C(C)CC(C)(C)N4C)S2)cc1. The summed E-state index contributed by atoms with van der Waals surface area (Å²) < 4.78 is 0. The summed E-state index contributed by atoms with van der Waals surface area (Å²) in [6.45, 7) is 9.00. The first-order valence-electron chi connectivity index (χ1n) is 10.5. The number of aryl methyl sites for hydroxylation is 1. The van der Waals surface area contributed by atoms with Gasteiger partial charge in [0.2, 0.25) is 0 Å². The monoisotopic (exact) mass is 419 g/mol. The fourth-order valence-electron chi connectivity index (χ4n) is 4.24. The topological polar surface area (TPSA) is 44.7 Å². The van der Waals surface area contributed by atoms with E-state index in [-0.39, 0.29) is 11.4 Å². The van der Waals surface area contributed by atoms with E-state index in [0.717, 1.165) is 24.1 Å². The number of aliphatic imine (C=N–C) groups is 1. The first kappa shape index (κ1) is 20.7. The van der Waals surface area contributed by atoms with Gasteiger partial charge in [-0.25, -0.2) is 4.99 Å². The Hall–Kier alpha value is -2.53. The largest absolute Gasteiger partial charge is 0.369 e. The van der Waals surface area contributed by atoms with Gasteiger partial charge in [0, 0.05) is 18.3 Å². The predicted molar refractivity (Wildman–Crippen MR) is 129 cm³/mol. The van der Waals surface area contributed by atoms with Gasteiger partial charge < -0.3 is 10.2 Å². The fourth-order valence-corrected chi connectivity index (χ4v) is 5.08. The molecule has 4 rings (SSSR count). The number of fused-ring (bicyclic) bond motifs is 1. The van der Waals surface area contributed by atoms with Gasteiger partial charge in [-0.15, -0.1) is 0 Å². The second-order valence-corrected chi connectivity index (χ2v) is 9.83. The Morgan fingerprint density at radius 3 is 2.67 bits per heavy atom. The summed E-state index contributed by atoms with van der Waals surface area (Å²) in [4.78, 5) is 20.1. The Morgan fingerprint density at radius 1 is 1.23 bits per heavy atom. The minimum absolute atomic E-state index is 0.0899. The Labute approximate surface area is 183 Å². The summed E-state index contributed by atoms with van der Waals surface area (Å²) in [5.41, 5.74) is 5.96. The number of nitrogens with one attached hydrogen (secondary N) is 1. The highest BCUT2D eigenvalue weighted by Crippen LogP contribution is 2.43. The second kappa shape index (κ2) is 7.95. The van der Waals surface area contributed by atoms with Crippen molar-refractivity contribution < 1.29 is 4.79 Å². The minimum Gasteiger partial charge on any atom is -0.369 e. The predicted octanol–water partition coefficient (Wildman–Crippen LogP) is 5.86. The van der Waals surface area contributed by atoms with Gasteiger partial charge in [0.25, 0.3) is 5.91 Å². The van der Waals surface area contributed by atoms with Gasteiger partial charge in [-0.1, -0.05) is 32.0 Å². The lowest BCUT2D eigenvalue weighted by Crippen LogP contribution is -2.45. The molecule has 0 spiro atoms. The molecule has 1 atom stereocenters. The molecule has 4 nitrogen and oxygen atoms in total. The quantitative estimate of drug-likeness (QED) is 0.634. The number of hydrogen-bond donors (Lipinski definition) is 1. The molecule has 156 valence electrons. The van der Waals surface area contributed by atoms with E-state index in [0.29, 0.717) is 16.0 Å². The van der Waals surface area contributed by atoms with Crippen molar-refractivity contribution in [3.8, 4) is 0 Å². The molecule has 0 radical (unpaired) electrons. The second-order valence-electron chi connectivity index (χ2n) is 8.80. The summed E-state index contributed by atoms with van der Waals surface area (Å²) in [5.74, 6) is 0.394. The van der Waals surface area contributed by atoms with Crippen molar-refractivity contribution in [2.45, 2.75) is 52.0 Å². The van der Waals surface area contributed by atoms with Crippen molar-refractivity contribution in [2.75, 3.05) is 11.9 Å². The van der Waals surface area contributed by atoms with Crippen LogP contribution in [0.15, 0.2) is 52.4 Å².